The highest BCUT2D eigenvalue weighted by Crippen LogP contribution is 2.24. The van der Waals surface area contributed by atoms with Crippen molar-refractivity contribution in [3.8, 4) is 5.75 Å². The van der Waals surface area contributed by atoms with Crippen molar-refractivity contribution in [3.05, 3.63) is 28.8 Å². The molecule has 0 atom stereocenters. The molecule has 0 spiro atoms. The van der Waals surface area contributed by atoms with Crippen molar-refractivity contribution in [1.29, 1.82) is 0 Å². The van der Waals surface area contributed by atoms with Crippen LogP contribution in [0.25, 0.3) is 0 Å². The van der Waals surface area contributed by atoms with Crippen LogP contribution in [-0.2, 0) is 0 Å². The molecule has 0 aliphatic heterocycles. The lowest BCUT2D eigenvalue weighted by molar-refractivity contribution is 0.328. The summed E-state index contributed by atoms with van der Waals surface area (Å²) in [5.41, 5.74) is 6.43. The van der Waals surface area contributed by atoms with Gasteiger partial charge in [0.1, 0.15) is 12.4 Å². The predicted octanol–water partition coefficient (Wildman–Crippen LogP) is 2.41. The molecule has 0 unspecified atom stereocenters. The van der Waals surface area contributed by atoms with Gasteiger partial charge >= 0.3 is 0 Å². The summed E-state index contributed by atoms with van der Waals surface area (Å²) in [5, 5.41) is 0.633. The minimum Gasteiger partial charge on any atom is -0.491 e. The van der Waals surface area contributed by atoms with E-state index in [9.17, 15) is 0 Å². The van der Waals surface area contributed by atoms with Gasteiger partial charge in [0.15, 0.2) is 0 Å². The molecule has 1 rings (SSSR count). The summed E-state index contributed by atoms with van der Waals surface area (Å²) in [6, 6.07) is 5.67. The van der Waals surface area contributed by atoms with Crippen molar-refractivity contribution >= 4 is 24.0 Å². The topological polar surface area (TPSA) is 35.2 Å². The van der Waals surface area contributed by atoms with E-state index in [1.807, 2.05) is 25.1 Å². The van der Waals surface area contributed by atoms with Crippen LogP contribution in [0.3, 0.4) is 0 Å². The Balaban J connectivity index is 0.00000144. The van der Waals surface area contributed by atoms with Crippen LogP contribution in [0.4, 0.5) is 0 Å². The van der Waals surface area contributed by atoms with Gasteiger partial charge in [0.2, 0.25) is 0 Å². The van der Waals surface area contributed by atoms with Crippen LogP contribution in [0, 0.1) is 6.92 Å². The normalized spacial score (nSPS) is 9.15. The molecular formula is C9H13Cl2NO. The summed E-state index contributed by atoms with van der Waals surface area (Å²) >= 11 is 5.87. The zero-order chi connectivity index (χ0) is 8.97. The number of hydrogen-bond donors (Lipinski definition) is 1. The highest BCUT2D eigenvalue weighted by Gasteiger charge is 1.99. The Hall–Kier alpha value is -0.440. The average Bonchev–Trinajstić information content (AvgIpc) is 2.07. The molecule has 0 aromatic heterocycles. The van der Waals surface area contributed by atoms with Gasteiger partial charge in [0.05, 0.1) is 5.02 Å². The molecule has 0 amide bonds. The Morgan fingerprint density at radius 2 is 2.15 bits per heavy atom. The van der Waals surface area contributed by atoms with E-state index >= 15 is 0 Å². The number of nitrogens with two attached hydrogens (primary N) is 1. The van der Waals surface area contributed by atoms with Crippen molar-refractivity contribution in [3.63, 3.8) is 0 Å². The average molecular weight is 222 g/mol. The molecule has 74 valence electrons. The van der Waals surface area contributed by atoms with E-state index in [1.165, 1.54) is 0 Å². The molecule has 0 fully saturated rings. The Labute approximate surface area is 89.4 Å². The maximum Gasteiger partial charge on any atom is 0.138 e. The quantitative estimate of drug-likeness (QED) is 0.852. The third-order valence-corrected chi connectivity index (χ3v) is 1.77. The van der Waals surface area contributed by atoms with E-state index in [0.29, 0.717) is 23.9 Å². The first-order chi connectivity index (χ1) is 5.74. The molecule has 0 saturated carbocycles. The molecular weight excluding hydrogens is 209 g/mol. The van der Waals surface area contributed by atoms with Gasteiger partial charge in [0.25, 0.3) is 0 Å². The molecule has 13 heavy (non-hydrogen) atoms. The smallest absolute Gasteiger partial charge is 0.138 e. The SMILES string of the molecule is Cc1ccc(Cl)c(OCCN)c1.Cl. The van der Waals surface area contributed by atoms with Gasteiger partial charge in [-0.15, -0.1) is 12.4 Å². The number of benzene rings is 1. The fourth-order valence-corrected chi connectivity index (χ4v) is 1.06. The lowest BCUT2D eigenvalue weighted by Gasteiger charge is -2.06. The molecule has 0 bridgehead atoms. The van der Waals surface area contributed by atoms with Crippen molar-refractivity contribution < 1.29 is 4.74 Å². The van der Waals surface area contributed by atoms with Crippen LogP contribution in [0.15, 0.2) is 18.2 Å². The minimum absolute atomic E-state index is 0. The van der Waals surface area contributed by atoms with Gasteiger partial charge < -0.3 is 10.5 Å². The Morgan fingerprint density at radius 1 is 1.46 bits per heavy atom. The summed E-state index contributed by atoms with van der Waals surface area (Å²) in [6.45, 7) is 3.00. The van der Waals surface area contributed by atoms with Crippen LogP contribution in [0.2, 0.25) is 5.02 Å². The van der Waals surface area contributed by atoms with Gasteiger partial charge in [-0.2, -0.15) is 0 Å². The fourth-order valence-electron chi connectivity index (χ4n) is 0.890. The summed E-state index contributed by atoms with van der Waals surface area (Å²) in [4.78, 5) is 0. The van der Waals surface area contributed by atoms with Gasteiger partial charge in [-0.25, -0.2) is 0 Å². The number of rotatable bonds is 3. The van der Waals surface area contributed by atoms with Crippen LogP contribution in [-0.4, -0.2) is 13.2 Å². The molecule has 2 N–H and O–H groups in total. The second kappa shape index (κ2) is 6.08. The fraction of sp³-hybridized carbons (Fsp3) is 0.333. The van der Waals surface area contributed by atoms with Crippen LogP contribution < -0.4 is 10.5 Å². The lowest BCUT2D eigenvalue weighted by atomic mass is 10.2. The summed E-state index contributed by atoms with van der Waals surface area (Å²) < 4.78 is 5.31. The number of hydrogen-bond acceptors (Lipinski definition) is 2. The van der Waals surface area contributed by atoms with E-state index in [2.05, 4.69) is 0 Å². The van der Waals surface area contributed by atoms with E-state index < -0.39 is 0 Å². The number of halogens is 2. The Bertz CT molecular complexity index is 266. The predicted molar refractivity (Wildman–Crippen MR) is 58.0 cm³/mol. The Kier molecular flexibility index (Phi) is 5.88. The van der Waals surface area contributed by atoms with Crippen molar-refractivity contribution in [2.24, 2.45) is 5.73 Å². The highest BCUT2D eigenvalue weighted by atomic mass is 35.5. The molecule has 2 nitrogen and oxygen atoms in total. The third-order valence-electron chi connectivity index (χ3n) is 1.46. The largest absolute Gasteiger partial charge is 0.491 e. The Morgan fingerprint density at radius 3 is 2.77 bits per heavy atom. The lowest BCUT2D eigenvalue weighted by Crippen LogP contribution is -2.10. The number of ether oxygens (including phenoxy) is 1. The zero-order valence-corrected chi connectivity index (χ0v) is 8.99. The van der Waals surface area contributed by atoms with Crippen molar-refractivity contribution in [2.45, 2.75) is 6.92 Å². The standard InChI is InChI=1S/C9H12ClNO.ClH/c1-7-2-3-8(10)9(6-7)12-5-4-11;/h2-3,6H,4-5,11H2,1H3;1H. The molecule has 1 aromatic rings. The zero-order valence-electron chi connectivity index (χ0n) is 7.42. The maximum absolute atomic E-state index is 5.87. The second-order valence-electron chi connectivity index (χ2n) is 2.57. The molecule has 0 heterocycles. The molecule has 4 heteroatoms. The monoisotopic (exact) mass is 221 g/mol. The first-order valence-electron chi connectivity index (χ1n) is 3.83. The minimum atomic E-state index is 0. The van der Waals surface area contributed by atoms with Crippen molar-refractivity contribution in [2.75, 3.05) is 13.2 Å². The van der Waals surface area contributed by atoms with Gasteiger partial charge in [-0.05, 0) is 24.6 Å². The molecule has 0 aliphatic rings. The maximum atomic E-state index is 5.87. The summed E-state index contributed by atoms with van der Waals surface area (Å²) in [6.07, 6.45) is 0. The van der Waals surface area contributed by atoms with Crippen molar-refractivity contribution in [1.82, 2.24) is 0 Å². The first-order valence-corrected chi connectivity index (χ1v) is 4.21. The van der Waals surface area contributed by atoms with Gasteiger partial charge in [0, 0.05) is 6.54 Å². The van der Waals surface area contributed by atoms with E-state index in [0.717, 1.165) is 5.56 Å². The van der Waals surface area contributed by atoms with Crippen LogP contribution in [0.1, 0.15) is 5.56 Å². The van der Waals surface area contributed by atoms with E-state index in [-0.39, 0.29) is 12.4 Å². The van der Waals surface area contributed by atoms with E-state index in [4.69, 9.17) is 22.1 Å². The molecule has 0 aliphatic carbocycles. The molecule has 1 aromatic carbocycles. The molecule has 0 saturated heterocycles. The second-order valence-corrected chi connectivity index (χ2v) is 2.98. The van der Waals surface area contributed by atoms with Gasteiger partial charge in [-0.1, -0.05) is 17.7 Å². The van der Waals surface area contributed by atoms with Gasteiger partial charge in [-0.3, -0.25) is 0 Å². The first kappa shape index (κ1) is 12.6. The summed E-state index contributed by atoms with van der Waals surface area (Å²) in [5.74, 6) is 0.710. The molecule has 0 radical (unpaired) electrons. The third kappa shape index (κ3) is 3.85. The highest BCUT2D eigenvalue weighted by molar-refractivity contribution is 6.32. The summed E-state index contributed by atoms with van der Waals surface area (Å²) in [7, 11) is 0. The number of aryl methyl sites for hydroxylation is 1. The van der Waals surface area contributed by atoms with Crippen LogP contribution in [0.5, 0.6) is 5.75 Å². The van der Waals surface area contributed by atoms with E-state index in [1.54, 1.807) is 0 Å². The van der Waals surface area contributed by atoms with Crippen LogP contribution >= 0.6 is 24.0 Å².